The summed E-state index contributed by atoms with van der Waals surface area (Å²) in [5.74, 6) is 2.01. The maximum absolute atomic E-state index is 9.69. The van der Waals surface area contributed by atoms with Crippen LogP contribution in [-0.4, -0.2) is 51.4 Å². The molecule has 0 radical (unpaired) electrons. The van der Waals surface area contributed by atoms with Gasteiger partial charge in [0.2, 0.25) is 5.89 Å². The zero-order chi connectivity index (χ0) is 18.7. The Labute approximate surface area is 153 Å². The molecule has 0 aliphatic carbocycles. The molecular formula is C18H25N7O. The fraction of sp³-hybridized carbons (Fsp3) is 0.611. The Kier molecular flexibility index (Phi) is 5.47. The molecule has 0 saturated carbocycles. The number of aromatic nitrogens is 4. The highest BCUT2D eigenvalue weighted by Crippen LogP contribution is 2.26. The first kappa shape index (κ1) is 18.3. The number of rotatable bonds is 5. The van der Waals surface area contributed by atoms with Crippen LogP contribution in [0, 0.1) is 18.3 Å². The Hall–Kier alpha value is -2.53. The van der Waals surface area contributed by atoms with Gasteiger partial charge >= 0.3 is 0 Å². The smallest absolute Gasteiger partial charge is 0.243 e. The van der Waals surface area contributed by atoms with Crippen LogP contribution >= 0.6 is 0 Å². The standard InChI is InChI=1S/C18H25N7O/c1-5-14-15(11-19)17(22-21-16(14)6-2)25-9-7-24(8-10-25)12(3)18-20-13(4)23-26-18/h12H,5-10H2,1-4H3. The van der Waals surface area contributed by atoms with Crippen molar-refractivity contribution in [2.75, 3.05) is 31.1 Å². The van der Waals surface area contributed by atoms with Gasteiger partial charge in [-0.1, -0.05) is 19.0 Å². The first-order chi connectivity index (χ1) is 12.6. The van der Waals surface area contributed by atoms with E-state index in [0.29, 0.717) is 23.1 Å². The van der Waals surface area contributed by atoms with E-state index in [1.807, 2.05) is 13.8 Å². The summed E-state index contributed by atoms with van der Waals surface area (Å²) in [6, 6.07) is 2.44. The van der Waals surface area contributed by atoms with Gasteiger partial charge in [0.05, 0.1) is 11.7 Å². The van der Waals surface area contributed by atoms with Crippen LogP contribution in [0.3, 0.4) is 0 Å². The van der Waals surface area contributed by atoms with Crippen LogP contribution in [0.1, 0.15) is 55.3 Å². The van der Waals surface area contributed by atoms with Gasteiger partial charge in [0.25, 0.3) is 0 Å². The van der Waals surface area contributed by atoms with E-state index in [4.69, 9.17) is 4.52 Å². The fourth-order valence-electron chi connectivity index (χ4n) is 3.46. The van der Waals surface area contributed by atoms with Crippen molar-refractivity contribution in [3.63, 3.8) is 0 Å². The Morgan fingerprint density at radius 3 is 2.42 bits per heavy atom. The predicted molar refractivity (Wildman–Crippen MR) is 96.7 cm³/mol. The molecule has 0 amide bonds. The van der Waals surface area contributed by atoms with E-state index < -0.39 is 0 Å². The highest BCUT2D eigenvalue weighted by molar-refractivity contribution is 5.58. The Bertz CT molecular complexity index is 802. The van der Waals surface area contributed by atoms with Gasteiger partial charge in [-0.05, 0) is 32.3 Å². The average Bonchev–Trinajstić information content (AvgIpc) is 3.12. The van der Waals surface area contributed by atoms with E-state index >= 15 is 0 Å². The van der Waals surface area contributed by atoms with Gasteiger partial charge in [-0.3, -0.25) is 4.90 Å². The minimum absolute atomic E-state index is 0.0774. The van der Waals surface area contributed by atoms with Gasteiger partial charge in [0, 0.05) is 26.2 Å². The van der Waals surface area contributed by atoms with Crippen LogP contribution in [0.25, 0.3) is 0 Å². The lowest BCUT2D eigenvalue weighted by Crippen LogP contribution is -2.48. The molecule has 2 aromatic heterocycles. The molecule has 3 rings (SSSR count). The average molecular weight is 355 g/mol. The van der Waals surface area contributed by atoms with E-state index in [1.54, 1.807) is 0 Å². The van der Waals surface area contributed by atoms with Crippen molar-refractivity contribution in [1.82, 2.24) is 25.2 Å². The highest BCUT2D eigenvalue weighted by Gasteiger charge is 2.28. The molecule has 2 aromatic rings. The van der Waals surface area contributed by atoms with Crippen molar-refractivity contribution in [2.24, 2.45) is 0 Å². The molecule has 8 nitrogen and oxygen atoms in total. The van der Waals surface area contributed by atoms with Crippen LogP contribution < -0.4 is 4.90 Å². The van der Waals surface area contributed by atoms with Crippen molar-refractivity contribution in [3.8, 4) is 6.07 Å². The van der Waals surface area contributed by atoms with Crippen LogP contribution in [-0.2, 0) is 12.8 Å². The number of aryl methyl sites for hydroxylation is 2. The first-order valence-electron chi connectivity index (χ1n) is 9.16. The zero-order valence-corrected chi connectivity index (χ0v) is 15.9. The third-order valence-corrected chi connectivity index (χ3v) is 5.00. The van der Waals surface area contributed by atoms with Gasteiger partial charge in [0.15, 0.2) is 11.6 Å². The largest absolute Gasteiger partial charge is 0.351 e. The number of anilines is 1. The lowest BCUT2D eigenvalue weighted by Gasteiger charge is -2.37. The van der Waals surface area contributed by atoms with E-state index in [0.717, 1.165) is 50.3 Å². The minimum Gasteiger partial charge on any atom is -0.351 e. The topological polar surface area (TPSA) is 95.0 Å². The zero-order valence-electron chi connectivity index (χ0n) is 15.9. The molecular weight excluding hydrogens is 330 g/mol. The molecule has 1 unspecified atom stereocenters. The molecule has 0 N–H and O–H groups in total. The van der Waals surface area contributed by atoms with Crippen molar-refractivity contribution in [3.05, 3.63) is 28.5 Å². The van der Waals surface area contributed by atoms with Crippen molar-refractivity contribution in [2.45, 2.75) is 46.6 Å². The van der Waals surface area contributed by atoms with Gasteiger partial charge in [-0.25, -0.2) is 0 Å². The van der Waals surface area contributed by atoms with E-state index in [9.17, 15) is 5.26 Å². The summed E-state index contributed by atoms with van der Waals surface area (Å²) < 4.78 is 5.30. The minimum atomic E-state index is 0.0774. The number of nitriles is 1. The molecule has 1 saturated heterocycles. The first-order valence-corrected chi connectivity index (χ1v) is 9.16. The third kappa shape index (κ3) is 3.40. The number of nitrogens with zero attached hydrogens (tertiary/aromatic N) is 7. The molecule has 1 aliphatic rings. The lowest BCUT2D eigenvalue weighted by atomic mass is 10.0. The van der Waals surface area contributed by atoms with Crippen molar-refractivity contribution in [1.29, 1.82) is 5.26 Å². The second kappa shape index (κ2) is 7.79. The third-order valence-electron chi connectivity index (χ3n) is 5.00. The summed E-state index contributed by atoms with van der Waals surface area (Å²) in [6.45, 7) is 11.3. The van der Waals surface area contributed by atoms with Crippen LogP contribution in [0.2, 0.25) is 0 Å². The van der Waals surface area contributed by atoms with Crippen LogP contribution in [0.15, 0.2) is 4.52 Å². The normalized spacial score (nSPS) is 16.5. The maximum atomic E-state index is 9.69. The second-order valence-corrected chi connectivity index (χ2v) is 6.52. The Balaban J connectivity index is 1.75. The highest BCUT2D eigenvalue weighted by atomic mass is 16.5. The second-order valence-electron chi connectivity index (χ2n) is 6.52. The number of hydrogen-bond donors (Lipinski definition) is 0. The van der Waals surface area contributed by atoms with E-state index in [2.05, 4.69) is 50.1 Å². The SMILES string of the molecule is CCc1nnc(N2CCN(C(C)c3nc(C)no3)CC2)c(C#N)c1CC. The summed E-state index contributed by atoms with van der Waals surface area (Å²) >= 11 is 0. The van der Waals surface area contributed by atoms with Gasteiger partial charge < -0.3 is 9.42 Å². The molecule has 138 valence electrons. The molecule has 0 aromatic carbocycles. The molecule has 3 heterocycles. The number of piperazine rings is 1. The molecule has 1 atom stereocenters. The summed E-state index contributed by atoms with van der Waals surface area (Å²) in [4.78, 5) is 8.80. The summed E-state index contributed by atoms with van der Waals surface area (Å²) in [5.41, 5.74) is 2.62. The van der Waals surface area contributed by atoms with Gasteiger partial charge in [0.1, 0.15) is 11.6 Å². The molecule has 26 heavy (non-hydrogen) atoms. The van der Waals surface area contributed by atoms with Crippen LogP contribution in [0.5, 0.6) is 0 Å². The molecule has 1 aliphatic heterocycles. The Morgan fingerprint density at radius 1 is 1.15 bits per heavy atom. The molecule has 8 heteroatoms. The van der Waals surface area contributed by atoms with Crippen LogP contribution in [0.4, 0.5) is 5.82 Å². The summed E-state index contributed by atoms with van der Waals surface area (Å²) in [7, 11) is 0. The molecule has 0 bridgehead atoms. The van der Waals surface area contributed by atoms with Gasteiger partial charge in [-0.2, -0.15) is 15.3 Å². The lowest BCUT2D eigenvalue weighted by molar-refractivity contribution is 0.164. The summed E-state index contributed by atoms with van der Waals surface area (Å²) in [6.07, 6.45) is 1.59. The van der Waals surface area contributed by atoms with E-state index in [-0.39, 0.29) is 6.04 Å². The number of hydrogen-bond acceptors (Lipinski definition) is 8. The quantitative estimate of drug-likeness (QED) is 0.804. The van der Waals surface area contributed by atoms with Crippen molar-refractivity contribution >= 4 is 5.82 Å². The van der Waals surface area contributed by atoms with Crippen molar-refractivity contribution < 1.29 is 4.52 Å². The maximum Gasteiger partial charge on any atom is 0.243 e. The molecule has 1 fully saturated rings. The van der Waals surface area contributed by atoms with Gasteiger partial charge in [-0.15, -0.1) is 5.10 Å². The van der Waals surface area contributed by atoms with E-state index in [1.165, 1.54) is 0 Å². The predicted octanol–water partition coefficient (Wildman–Crippen LogP) is 2.05. The monoisotopic (exact) mass is 355 g/mol. The Morgan fingerprint density at radius 2 is 1.88 bits per heavy atom. The molecule has 0 spiro atoms. The fourth-order valence-corrected chi connectivity index (χ4v) is 3.46. The summed E-state index contributed by atoms with van der Waals surface area (Å²) in [5, 5.41) is 22.3.